The number of anilines is 1. The highest BCUT2D eigenvalue weighted by Gasteiger charge is 2.16. The first-order valence-electron chi connectivity index (χ1n) is 5.78. The van der Waals surface area contributed by atoms with Crippen LogP contribution in [0.4, 0.5) is 10.5 Å². The first-order chi connectivity index (χ1) is 8.76. The Morgan fingerprint density at radius 1 is 1.21 bits per heavy atom. The van der Waals surface area contributed by atoms with Gasteiger partial charge >= 0.3 is 6.09 Å². The van der Waals surface area contributed by atoms with Crippen LogP contribution in [0.5, 0.6) is 0 Å². The fraction of sp³-hybridized carbons (Fsp3) is 0.385. The van der Waals surface area contributed by atoms with Crippen molar-refractivity contribution in [1.82, 2.24) is 5.32 Å². The Bertz CT molecular complexity index is 452. The summed E-state index contributed by atoms with van der Waals surface area (Å²) in [7, 11) is 0. The summed E-state index contributed by atoms with van der Waals surface area (Å²) in [6.07, 6.45) is -0.613. The Hall–Kier alpha value is -1.56. The average molecular weight is 329 g/mol. The highest BCUT2D eigenvalue weighted by atomic mass is 79.9. The van der Waals surface area contributed by atoms with Crippen LogP contribution >= 0.6 is 15.9 Å². The molecule has 2 N–H and O–H groups in total. The molecular formula is C13H17BrN2O3. The number of amides is 2. The molecule has 0 bridgehead atoms. The van der Waals surface area contributed by atoms with Gasteiger partial charge < -0.3 is 15.4 Å². The van der Waals surface area contributed by atoms with E-state index < -0.39 is 11.7 Å². The molecule has 5 nitrogen and oxygen atoms in total. The van der Waals surface area contributed by atoms with Gasteiger partial charge in [0.05, 0.1) is 0 Å². The van der Waals surface area contributed by atoms with E-state index >= 15 is 0 Å². The van der Waals surface area contributed by atoms with Crippen LogP contribution in [0.25, 0.3) is 0 Å². The third-order valence-corrected chi connectivity index (χ3v) is 2.45. The Balaban J connectivity index is 2.36. The van der Waals surface area contributed by atoms with Gasteiger partial charge in [-0.1, -0.05) is 15.9 Å². The van der Waals surface area contributed by atoms with Crippen molar-refractivity contribution in [2.24, 2.45) is 0 Å². The molecule has 0 saturated carbocycles. The molecular weight excluding hydrogens is 312 g/mol. The zero-order valence-electron chi connectivity index (χ0n) is 11.1. The lowest BCUT2D eigenvalue weighted by Crippen LogP contribution is -2.37. The summed E-state index contributed by atoms with van der Waals surface area (Å²) < 4.78 is 5.95. The molecule has 19 heavy (non-hydrogen) atoms. The second kappa shape index (κ2) is 6.56. The third-order valence-electron chi connectivity index (χ3n) is 1.92. The van der Waals surface area contributed by atoms with Gasteiger partial charge in [-0.15, -0.1) is 0 Å². The molecule has 0 atom stereocenters. The first-order valence-corrected chi connectivity index (χ1v) is 6.58. The van der Waals surface area contributed by atoms with E-state index in [9.17, 15) is 9.59 Å². The Labute approximate surface area is 120 Å². The summed E-state index contributed by atoms with van der Waals surface area (Å²) in [6.45, 7) is 5.14. The van der Waals surface area contributed by atoms with Gasteiger partial charge in [0.2, 0.25) is 5.91 Å². The van der Waals surface area contributed by atoms with Crippen molar-refractivity contribution < 1.29 is 14.3 Å². The van der Waals surface area contributed by atoms with Crippen molar-refractivity contribution in [3.05, 3.63) is 28.7 Å². The van der Waals surface area contributed by atoms with Crippen molar-refractivity contribution in [3.8, 4) is 0 Å². The van der Waals surface area contributed by atoms with Gasteiger partial charge in [-0.25, -0.2) is 4.79 Å². The average Bonchev–Trinajstić information content (AvgIpc) is 2.27. The molecule has 0 radical (unpaired) electrons. The predicted octanol–water partition coefficient (Wildman–Crippen LogP) is 2.91. The smallest absolute Gasteiger partial charge is 0.408 e. The SMILES string of the molecule is CC(C)(C)OC(=O)NCC(=O)Nc1ccc(Br)cc1. The zero-order chi connectivity index (χ0) is 14.5. The van der Waals surface area contributed by atoms with Crippen molar-refractivity contribution >= 4 is 33.6 Å². The minimum Gasteiger partial charge on any atom is -0.444 e. The van der Waals surface area contributed by atoms with Crippen LogP contribution in [-0.2, 0) is 9.53 Å². The lowest BCUT2D eigenvalue weighted by atomic mass is 10.2. The van der Waals surface area contributed by atoms with Crippen molar-refractivity contribution in [2.75, 3.05) is 11.9 Å². The summed E-state index contributed by atoms with van der Waals surface area (Å²) in [6, 6.07) is 7.15. The first kappa shape index (κ1) is 15.5. The number of ether oxygens (including phenoxy) is 1. The quantitative estimate of drug-likeness (QED) is 0.896. The molecule has 1 rings (SSSR count). The number of hydrogen-bond acceptors (Lipinski definition) is 3. The maximum Gasteiger partial charge on any atom is 0.408 e. The van der Waals surface area contributed by atoms with Gasteiger partial charge in [0.1, 0.15) is 12.1 Å². The van der Waals surface area contributed by atoms with E-state index in [1.54, 1.807) is 32.9 Å². The Morgan fingerprint density at radius 3 is 2.32 bits per heavy atom. The lowest BCUT2D eigenvalue weighted by molar-refractivity contribution is -0.115. The van der Waals surface area contributed by atoms with E-state index in [-0.39, 0.29) is 12.5 Å². The van der Waals surface area contributed by atoms with E-state index in [4.69, 9.17) is 4.74 Å². The van der Waals surface area contributed by atoms with Crippen molar-refractivity contribution in [1.29, 1.82) is 0 Å². The molecule has 0 aliphatic heterocycles. The molecule has 0 fully saturated rings. The summed E-state index contributed by atoms with van der Waals surface area (Å²) in [5.74, 6) is -0.312. The summed E-state index contributed by atoms with van der Waals surface area (Å²) in [5, 5.41) is 5.05. The minimum absolute atomic E-state index is 0.134. The molecule has 0 aromatic heterocycles. The van der Waals surface area contributed by atoms with Gasteiger partial charge in [-0.05, 0) is 45.0 Å². The topological polar surface area (TPSA) is 67.4 Å². The summed E-state index contributed by atoms with van der Waals surface area (Å²) >= 11 is 3.30. The van der Waals surface area contributed by atoms with Crippen LogP contribution in [0.3, 0.4) is 0 Å². The van der Waals surface area contributed by atoms with Gasteiger partial charge in [0, 0.05) is 10.2 Å². The molecule has 6 heteroatoms. The number of alkyl carbamates (subject to hydrolysis) is 1. The van der Waals surface area contributed by atoms with Crippen LogP contribution in [0, 0.1) is 0 Å². The molecule has 0 saturated heterocycles. The van der Waals surface area contributed by atoms with Gasteiger partial charge in [0.15, 0.2) is 0 Å². The van der Waals surface area contributed by atoms with Crippen LogP contribution in [0.15, 0.2) is 28.7 Å². The molecule has 0 aliphatic carbocycles. The number of carbonyl (C=O) groups excluding carboxylic acids is 2. The Morgan fingerprint density at radius 2 is 1.79 bits per heavy atom. The highest BCUT2D eigenvalue weighted by Crippen LogP contribution is 2.13. The van der Waals surface area contributed by atoms with Crippen LogP contribution in [-0.4, -0.2) is 24.1 Å². The minimum atomic E-state index is -0.613. The Kier molecular flexibility index (Phi) is 5.35. The maximum absolute atomic E-state index is 11.6. The zero-order valence-corrected chi connectivity index (χ0v) is 12.7. The molecule has 1 aromatic carbocycles. The molecule has 1 aromatic rings. The maximum atomic E-state index is 11.6. The molecule has 0 aliphatic rings. The van der Waals surface area contributed by atoms with E-state index in [1.807, 2.05) is 12.1 Å². The molecule has 2 amide bonds. The number of nitrogens with one attached hydrogen (secondary N) is 2. The van der Waals surface area contributed by atoms with E-state index in [0.29, 0.717) is 5.69 Å². The van der Waals surface area contributed by atoms with Crippen LogP contribution in [0.2, 0.25) is 0 Å². The largest absolute Gasteiger partial charge is 0.444 e. The monoisotopic (exact) mass is 328 g/mol. The second-order valence-electron chi connectivity index (χ2n) is 4.91. The standard InChI is InChI=1S/C13H17BrN2O3/c1-13(2,3)19-12(18)15-8-11(17)16-10-6-4-9(14)5-7-10/h4-7H,8H2,1-3H3,(H,15,18)(H,16,17). The highest BCUT2D eigenvalue weighted by molar-refractivity contribution is 9.10. The molecule has 0 unspecified atom stereocenters. The lowest BCUT2D eigenvalue weighted by Gasteiger charge is -2.19. The van der Waals surface area contributed by atoms with Gasteiger partial charge in [-0.3, -0.25) is 4.79 Å². The van der Waals surface area contributed by atoms with Crippen molar-refractivity contribution in [2.45, 2.75) is 26.4 Å². The molecule has 0 spiro atoms. The number of benzene rings is 1. The normalized spacial score (nSPS) is 10.7. The third kappa shape index (κ3) is 6.81. The van der Waals surface area contributed by atoms with Crippen LogP contribution < -0.4 is 10.6 Å². The fourth-order valence-electron chi connectivity index (χ4n) is 1.21. The number of halogens is 1. The summed E-state index contributed by atoms with van der Waals surface area (Å²) in [5.41, 5.74) is 0.0888. The van der Waals surface area contributed by atoms with Crippen molar-refractivity contribution in [3.63, 3.8) is 0 Å². The molecule has 0 heterocycles. The summed E-state index contributed by atoms with van der Waals surface area (Å²) in [4.78, 5) is 22.9. The van der Waals surface area contributed by atoms with Crippen LogP contribution in [0.1, 0.15) is 20.8 Å². The van der Waals surface area contributed by atoms with E-state index in [1.165, 1.54) is 0 Å². The number of hydrogen-bond donors (Lipinski definition) is 2. The molecule has 104 valence electrons. The number of rotatable bonds is 3. The van der Waals surface area contributed by atoms with Gasteiger partial charge in [-0.2, -0.15) is 0 Å². The van der Waals surface area contributed by atoms with Gasteiger partial charge in [0.25, 0.3) is 0 Å². The van der Waals surface area contributed by atoms with E-state index in [2.05, 4.69) is 26.6 Å². The van der Waals surface area contributed by atoms with E-state index in [0.717, 1.165) is 4.47 Å². The second-order valence-corrected chi connectivity index (χ2v) is 5.83. The fourth-order valence-corrected chi connectivity index (χ4v) is 1.47. The number of carbonyl (C=O) groups is 2. The predicted molar refractivity (Wildman–Crippen MR) is 77.0 cm³/mol.